The minimum Gasteiger partial charge on any atom is -0.352 e. The average molecular weight is 228 g/mol. The Hall–Kier alpha value is -1.17. The Labute approximate surface area is 93.5 Å². The summed E-state index contributed by atoms with van der Waals surface area (Å²) in [5, 5.41) is 6.50. The van der Waals surface area contributed by atoms with E-state index in [1.54, 1.807) is 6.92 Å². The molecule has 1 atom stereocenters. The topological polar surface area (TPSA) is 66.9 Å². The minimum absolute atomic E-state index is 0.0298. The maximum atomic E-state index is 11.5. The largest absolute Gasteiger partial charge is 0.352 e. The van der Waals surface area contributed by atoms with Crippen LogP contribution in [0.4, 0.5) is 5.13 Å². The molecule has 5 nitrogen and oxygen atoms in total. The summed E-state index contributed by atoms with van der Waals surface area (Å²) < 4.78 is 4.03. The summed E-state index contributed by atoms with van der Waals surface area (Å²) in [6, 6.07) is -0.141. The Bertz CT molecular complexity index is 337. The molecule has 0 aliphatic heterocycles. The van der Waals surface area contributed by atoms with Crippen LogP contribution in [0.15, 0.2) is 0 Å². The van der Waals surface area contributed by atoms with Gasteiger partial charge in [0.2, 0.25) is 11.0 Å². The van der Waals surface area contributed by atoms with Gasteiger partial charge >= 0.3 is 0 Å². The third-order valence-electron chi connectivity index (χ3n) is 1.69. The lowest BCUT2D eigenvalue weighted by Gasteiger charge is -2.14. The van der Waals surface area contributed by atoms with Crippen molar-refractivity contribution in [3.8, 4) is 0 Å². The van der Waals surface area contributed by atoms with Gasteiger partial charge < -0.3 is 10.6 Å². The van der Waals surface area contributed by atoms with E-state index in [0.717, 1.165) is 5.82 Å². The summed E-state index contributed by atoms with van der Waals surface area (Å²) in [4.78, 5) is 15.7. The second-order valence-corrected chi connectivity index (χ2v) is 4.43. The molecule has 84 valence electrons. The summed E-state index contributed by atoms with van der Waals surface area (Å²) in [7, 11) is 0. The monoisotopic (exact) mass is 228 g/mol. The number of hydrogen-bond donors (Lipinski definition) is 2. The molecule has 0 radical (unpaired) electrons. The zero-order chi connectivity index (χ0) is 11.4. The zero-order valence-corrected chi connectivity index (χ0v) is 10.2. The van der Waals surface area contributed by atoms with E-state index in [0.29, 0.717) is 5.13 Å². The maximum Gasteiger partial charge on any atom is 0.242 e. The lowest BCUT2D eigenvalue weighted by Crippen LogP contribution is -2.40. The number of carbonyl (C=O) groups is 1. The fourth-order valence-electron chi connectivity index (χ4n) is 1.02. The molecule has 1 amide bonds. The molecule has 0 fully saturated rings. The smallest absolute Gasteiger partial charge is 0.242 e. The van der Waals surface area contributed by atoms with E-state index in [1.165, 1.54) is 11.5 Å². The van der Waals surface area contributed by atoms with Gasteiger partial charge in [-0.2, -0.15) is 4.37 Å². The molecule has 2 N–H and O–H groups in total. The quantitative estimate of drug-likeness (QED) is 0.812. The van der Waals surface area contributed by atoms with Crippen molar-refractivity contribution < 1.29 is 4.79 Å². The van der Waals surface area contributed by atoms with E-state index >= 15 is 0 Å². The first-order chi connectivity index (χ1) is 6.99. The average Bonchev–Trinajstić information content (AvgIpc) is 2.50. The molecule has 0 bridgehead atoms. The molecule has 0 saturated heterocycles. The molecule has 1 unspecified atom stereocenters. The molecule has 1 aromatic rings. The molecule has 0 aliphatic rings. The minimum atomic E-state index is -0.292. The number of amides is 1. The SMILES string of the molecule is Cc1nsc(NC(C)C(=O)NC(C)C)n1. The Kier molecular flexibility index (Phi) is 4.02. The predicted molar refractivity (Wildman–Crippen MR) is 61.0 cm³/mol. The van der Waals surface area contributed by atoms with Crippen LogP contribution >= 0.6 is 11.5 Å². The van der Waals surface area contributed by atoms with Gasteiger partial charge in [0.1, 0.15) is 11.9 Å². The van der Waals surface area contributed by atoms with Gasteiger partial charge in [-0.05, 0) is 27.7 Å². The highest BCUT2D eigenvalue weighted by Crippen LogP contribution is 2.11. The molecule has 15 heavy (non-hydrogen) atoms. The van der Waals surface area contributed by atoms with Gasteiger partial charge in [0.15, 0.2) is 0 Å². The van der Waals surface area contributed by atoms with E-state index in [4.69, 9.17) is 0 Å². The van der Waals surface area contributed by atoms with Crippen molar-refractivity contribution in [2.75, 3.05) is 5.32 Å². The van der Waals surface area contributed by atoms with Gasteiger partial charge in [0.05, 0.1) is 0 Å². The fraction of sp³-hybridized carbons (Fsp3) is 0.667. The second-order valence-electron chi connectivity index (χ2n) is 3.68. The summed E-state index contributed by atoms with van der Waals surface area (Å²) in [6.45, 7) is 7.48. The van der Waals surface area contributed by atoms with Crippen molar-refractivity contribution in [1.29, 1.82) is 0 Å². The number of aryl methyl sites for hydroxylation is 1. The molecule has 0 saturated carbocycles. The van der Waals surface area contributed by atoms with Crippen molar-refractivity contribution >= 4 is 22.6 Å². The summed E-state index contributed by atoms with van der Waals surface area (Å²) >= 11 is 1.26. The molecule has 0 spiro atoms. The van der Waals surface area contributed by atoms with Crippen LogP contribution in [0.1, 0.15) is 26.6 Å². The highest BCUT2D eigenvalue weighted by atomic mass is 32.1. The fourth-order valence-corrected chi connectivity index (χ4v) is 1.68. The van der Waals surface area contributed by atoms with Crippen molar-refractivity contribution in [3.63, 3.8) is 0 Å². The molecule has 0 aliphatic carbocycles. The van der Waals surface area contributed by atoms with Crippen LogP contribution in [-0.4, -0.2) is 27.3 Å². The van der Waals surface area contributed by atoms with Crippen molar-refractivity contribution in [2.24, 2.45) is 0 Å². The molecule has 1 heterocycles. The number of aromatic nitrogens is 2. The van der Waals surface area contributed by atoms with Gasteiger partial charge in [0, 0.05) is 17.6 Å². The normalized spacial score (nSPS) is 12.6. The number of carbonyl (C=O) groups excluding carboxylic acids is 1. The number of nitrogens with one attached hydrogen (secondary N) is 2. The van der Waals surface area contributed by atoms with Crippen LogP contribution < -0.4 is 10.6 Å². The molecular weight excluding hydrogens is 212 g/mol. The van der Waals surface area contributed by atoms with Crippen LogP contribution in [0, 0.1) is 6.92 Å². The van der Waals surface area contributed by atoms with Crippen LogP contribution in [0.2, 0.25) is 0 Å². The Morgan fingerprint density at radius 1 is 1.40 bits per heavy atom. The molecule has 1 aromatic heterocycles. The van der Waals surface area contributed by atoms with Crippen molar-refractivity contribution in [1.82, 2.24) is 14.7 Å². The summed E-state index contributed by atoms with van der Waals surface area (Å²) in [5.74, 6) is 0.692. The highest BCUT2D eigenvalue weighted by molar-refractivity contribution is 7.09. The van der Waals surface area contributed by atoms with Gasteiger partial charge in [-0.15, -0.1) is 0 Å². The van der Waals surface area contributed by atoms with Crippen molar-refractivity contribution in [3.05, 3.63) is 5.82 Å². The van der Waals surface area contributed by atoms with Crippen LogP contribution in [0.25, 0.3) is 0 Å². The van der Waals surface area contributed by atoms with E-state index in [9.17, 15) is 4.79 Å². The summed E-state index contributed by atoms with van der Waals surface area (Å²) in [6.07, 6.45) is 0. The Morgan fingerprint density at radius 3 is 2.53 bits per heavy atom. The van der Waals surface area contributed by atoms with Crippen LogP contribution in [0.3, 0.4) is 0 Å². The first-order valence-electron chi connectivity index (χ1n) is 4.86. The van der Waals surface area contributed by atoms with Crippen LogP contribution in [0.5, 0.6) is 0 Å². The van der Waals surface area contributed by atoms with E-state index < -0.39 is 0 Å². The maximum absolute atomic E-state index is 11.5. The third-order valence-corrected chi connectivity index (χ3v) is 2.43. The summed E-state index contributed by atoms with van der Waals surface area (Å²) in [5.41, 5.74) is 0. The lowest BCUT2D eigenvalue weighted by molar-refractivity contribution is -0.122. The number of nitrogens with zero attached hydrogens (tertiary/aromatic N) is 2. The van der Waals surface area contributed by atoms with E-state index in [-0.39, 0.29) is 18.0 Å². The van der Waals surface area contributed by atoms with Crippen molar-refractivity contribution in [2.45, 2.75) is 39.8 Å². The Morgan fingerprint density at radius 2 is 2.07 bits per heavy atom. The third kappa shape index (κ3) is 3.83. The van der Waals surface area contributed by atoms with Gasteiger partial charge in [-0.25, -0.2) is 4.98 Å². The lowest BCUT2D eigenvalue weighted by atomic mass is 10.3. The number of anilines is 1. The highest BCUT2D eigenvalue weighted by Gasteiger charge is 2.14. The number of hydrogen-bond acceptors (Lipinski definition) is 5. The first kappa shape index (κ1) is 11.9. The predicted octanol–water partition coefficient (Wildman–Crippen LogP) is 1.17. The molecular formula is C9H16N4OS. The second kappa shape index (κ2) is 5.06. The standard InChI is InChI=1S/C9H16N4OS/c1-5(2)10-8(14)6(3)11-9-12-7(4)13-15-9/h5-6H,1-4H3,(H,10,14)(H,11,12,13). The molecule has 0 aromatic carbocycles. The number of rotatable bonds is 4. The van der Waals surface area contributed by atoms with E-state index in [1.807, 2.05) is 20.8 Å². The Balaban J connectivity index is 2.48. The van der Waals surface area contributed by atoms with Gasteiger partial charge in [0.25, 0.3) is 0 Å². The van der Waals surface area contributed by atoms with Gasteiger partial charge in [-0.3, -0.25) is 4.79 Å². The first-order valence-corrected chi connectivity index (χ1v) is 5.63. The zero-order valence-electron chi connectivity index (χ0n) is 9.37. The van der Waals surface area contributed by atoms with E-state index in [2.05, 4.69) is 20.0 Å². The van der Waals surface area contributed by atoms with Gasteiger partial charge in [-0.1, -0.05) is 0 Å². The molecule has 1 rings (SSSR count). The van der Waals surface area contributed by atoms with Crippen LogP contribution in [-0.2, 0) is 4.79 Å². The molecule has 6 heteroatoms.